The minimum atomic E-state index is 0.150. The molecular weight excluding hydrogens is 226 g/mol. The summed E-state index contributed by atoms with van der Waals surface area (Å²) in [6.07, 6.45) is 3.06. The van der Waals surface area contributed by atoms with Gasteiger partial charge in [-0.1, -0.05) is 6.92 Å². The first-order chi connectivity index (χ1) is 8.63. The maximum Gasteiger partial charge on any atom is 0.166 e. The zero-order valence-corrected chi connectivity index (χ0v) is 10.7. The molecule has 0 bridgehead atoms. The molecule has 0 saturated heterocycles. The summed E-state index contributed by atoms with van der Waals surface area (Å²) in [6.45, 7) is 3.91. The Kier molecular flexibility index (Phi) is 3.46. The first kappa shape index (κ1) is 12.4. The van der Waals surface area contributed by atoms with Gasteiger partial charge in [-0.05, 0) is 37.6 Å². The second-order valence-corrected chi connectivity index (χ2v) is 4.32. The SMILES string of the molecule is CCCC(=O)c1cnn(-c2ccc(N)cc2)c1C. The maximum absolute atomic E-state index is 11.9. The normalized spacial score (nSPS) is 10.6. The number of rotatable bonds is 4. The molecule has 0 amide bonds. The van der Waals surface area contributed by atoms with Crippen molar-refractivity contribution >= 4 is 11.5 Å². The van der Waals surface area contributed by atoms with Crippen LogP contribution in [-0.2, 0) is 0 Å². The van der Waals surface area contributed by atoms with Crippen molar-refractivity contribution in [3.8, 4) is 5.69 Å². The van der Waals surface area contributed by atoms with E-state index in [1.54, 1.807) is 10.9 Å². The van der Waals surface area contributed by atoms with E-state index in [2.05, 4.69) is 5.10 Å². The molecular formula is C14H17N3O. The first-order valence-electron chi connectivity index (χ1n) is 6.07. The highest BCUT2D eigenvalue weighted by molar-refractivity contribution is 5.96. The number of carbonyl (C=O) groups excluding carboxylic acids is 1. The van der Waals surface area contributed by atoms with Crippen LogP contribution >= 0.6 is 0 Å². The summed E-state index contributed by atoms with van der Waals surface area (Å²) < 4.78 is 1.77. The van der Waals surface area contributed by atoms with E-state index in [4.69, 9.17) is 5.73 Å². The Bertz CT molecular complexity index is 555. The lowest BCUT2D eigenvalue weighted by Gasteiger charge is -2.05. The minimum absolute atomic E-state index is 0.150. The van der Waals surface area contributed by atoms with Gasteiger partial charge in [0.15, 0.2) is 5.78 Å². The molecule has 2 rings (SSSR count). The first-order valence-corrected chi connectivity index (χ1v) is 6.07. The number of aromatic nitrogens is 2. The molecule has 1 aromatic heterocycles. The number of Topliss-reactive ketones (excluding diaryl/α,β-unsaturated/α-hetero) is 1. The highest BCUT2D eigenvalue weighted by atomic mass is 16.1. The lowest BCUT2D eigenvalue weighted by atomic mass is 10.1. The van der Waals surface area contributed by atoms with Crippen LogP contribution in [0, 0.1) is 6.92 Å². The van der Waals surface area contributed by atoms with Crippen molar-refractivity contribution in [2.24, 2.45) is 0 Å². The molecule has 2 aromatic rings. The van der Waals surface area contributed by atoms with Crippen LogP contribution in [0.15, 0.2) is 30.5 Å². The number of carbonyl (C=O) groups is 1. The van der Waals surface area contributed by atoms with Gasteiger partial charge in [0.2, 0.25) is 0 Å². The van der Waals surface area contributed by atoms with Crippen LogP contribution in [-0.4, -0.2) is 15.6 Å². The fourth-order valence-corrected chi connectivity index (χ4v) is 1.92. The fourth-order valence-electron chi connectivity index (χ4n) is 1.92. The summed E-state index contributed by atoms with van der Waals surface area (Å²) >= 11 is 0. The van der Waals surface area contributed by atoms with E-state index in [0.29, 0.717) is 17.7 Å². The zero-order chi connectivity index (χ0) is 13.1. The van der Waals surface area contributed by atoms with Crippen LogP contribution in [0.5, 0.6) is 0 Å². The summed E-state index contributed by atoms with van der Waals surface area (Å²) in [5.74, 6) is 0.150. The largest absolute Gasteiger partial charge is 0.399 e. The fraction of sp³-hybridized carbons (Fsp3) is 0.286. The van der Waals surface area contributed by atoms with E-state index in [1.165, 1.54) is 0 Å². The second kappa shape index (κ2) is 5.04. The number of hydrogen-bond donors (Lipinski definition) is 1. The molecule has 0 spiro atoms. The molecule has 18 heavy (non-hydrogen) atoms. The molecule has 0 fully saturated rings. The Morgan fingerprint density at radius 2 is 2.00 bits per heavy atom. The van der Waals surface area contributed by atoms with Crippen LogP contribution in [0.3, 0.4) is 0 Å². The standard InChI is InChI=1S/C14H17N3O/c1-3-4-14(18)13-9-16-17(10(13)2)12-7-5-11(15)6-8-12/h5-9H,3-4,15H2,1-2H3. The molecule has 0 aliphatic carbocycles. The van der Waals surface area contributed by atoms with Crippen LogP contribution in [0.1, 0.15) is 35.8 Å². The lowest BCUT2D eigenvalue weighted by molar-refractivity contribution is 0.0981. The number of anilines is 1. The van der Waals surface area contributed by atoms with Gasteiger partial charge in [0, 0.05) is 12.1 Å². The number of hydrogen-bond acceptors (Lipinski definition) is 3. The average Bonchev–Trinajstić information content (AvgIpc) is 2.73. The van der Waals surface area contributed by atoms with Gasteiger partial charge >= 0.3 is 0 Å². The molecule has 0 radical (unpaired) electrons. The molecule has 0 aliphatic heterocycles. The van der Waals surface area contributed by atoms with Crippen molar-refractivity contribution in [1.82, 2.24) is 9.78 Å². The predicted molar refractivity (Wildman–Crippen MR) is 72.0 cm³/mol. The van der Waals surface area contributed by atoms with Gasteiger partial charge in [-0.25, -0.2) is 4.68 Å². The highest BCUT2D eigenvalue weighted by Gasteiger charge is 2.13. The van der Waals surface area contributed by atoms with E-state index >= 15 is 0 Å². The van der Waals surface area contributed by atoms with Gasteiger partial charge < -0.3 is 5.73 Å². The summed E-state index contributed by atoms with van der Waals surface area (Å²) in [4.78, 5) is 11.9. The average molecular weight is 243 g/mol. The van der Waals surface area contributed by atoms with Gasteiger partial charge in [0.05, 0.1) is 23.1 Å². The summed E-state index contributed by atoms with van der Waals surface area (Å²) in [5, 5.41) is 4.27. The van der Waals surface area contributed by atoms with Crippen molar-refractivity contribution in [3.05, 3.63) is 41.7 Å². The topological polar surface area (TPSA) is 60.9 Å². The van der Waals surface area contributed by atoms with Crippen molar-refractivity contribution in [2.45, 2.75) is 26.7 Å². The Hall–Kier alpha value is -2.10. The van der Waals surface area contributed by atoms with Crippen LogP contribution < -0.4 is 5.73 Å². The molecule has 1 aromatic carbocycles. The molecule has 0 atom stereocenters. The van der Waals surface area contributed by atoms with E-state index in [9.17, 15) is 4.79 Å². The Labute approximate surface area is 106 Å². The zero-order valence-electron chi connectivity index (χ0n) is 10.7. The van der Waals surface area contributed by atoms with Crippen LogP contribution in [0.2, 0.25) is 0 Å². The molecule has 1 heterocycles. The summed E-state index contributed by atoms with van der Waals surface area (Å²) in [6, 6.07) is 7.43. The molecule has 4 nitrogen and oxygen atoms in total. The molecule has 4 heteroatoms. The lowest BCUT2D eigenvalue weighted by Crippen LogP contribution is -2.03. The smallest absolute Gasteiger partial charge is 0.166 e. The number of ketones is 1. The number of nitrogens with two attached hydrogens (primary N) is 1. The quantitative estimate of drug-likeness (QED) is 0.663. The van der Waals surface area contributed by atoms with Crippen LogP contribution in [0.4, 0.5) is 5.69 Å². The number of nitrogen functional groups attached to an aromatic ring is 1. The molecule has 0 saturated carbocycles. The highest BCUT2D eigenvalue weighted by Crippen LogP contribution is 2.17. The third-order valence-electron chi connectivity index (χ3n) is 2.92. The number of benzene rings is 1. The van der Waals surface area contributed by atoms with Gasteiger partial charge in [-0.15, -0.1) is 0 Å². The van der Waals surface area contributed by atoms with E-state index < -0.39 is 0 Å². The maximum atomic E-state index is 11.9. The van der Waals surface area contributed by atoms with Crippen molar-refractivity contribution in [2.75, 3.05) is 5.73 Å². The van der Waals surface area contributed by atoms with Crippen molar-refractivity contribution in [3.63, 3.8) is 0 Å². The predicted octanol–water partition coefficient (Wildman–Crippen LogP) is 2.75. The van der Waals surface area contributed by atoms with Gasteiger partial charge in [0.1, 0.15) is 0 Å². The summed E-state index contributed by atoms with van der Waals surface area (Å²) in [5.41, 5.74) is 8.86. The molecule has 2 N–H and O–H groups in total. The minimum Gasteiger partial charge on any atom is -0.399 e. The van der Waals surface area contributed by atoms with E-state index in [1.807, 2.05) is 38.1 Å². The van der Waals surface area contributed by atoms with Crippen molar-refractivity contribution in [1.29, 1.82) is 0 Å². The third kappa shape index (κ3) is 2.27. The Balaban J connectivity index is 2.36. The monoisotopic (exact) mass is 243 g/mol. The Morgan fingerprint density at radius 3 is 2.61 bits per heavy atom. The molecule has 0 unspecified atom stereocenters. The molecule has 94 valence electrons. The van der Waals surface area contributed by atoms with Crippen molar-refractivity contribution < 1.29 is 4.79 Å². The second-order valence-electron chi connectivity index (χ2n) is 4.32. The van der Waals surface area contributed by atoms with Gasteiger partial charge in [-0.2, -0.15) is 5.10 Å². The van der Waals surface area contributed by atoms with E-state index in [0.717, 1.165) is 17.8 Å². The van der Waals surface area contributed by atoms with E-state index in [-0.39, 0.29) is 5.78 Å². The molecule has 0 aliphatic rings. The number of nitrogens with zero attached hydrogens (tertiary/aromatic N) is 2. The third-order valence-corrected chi connectivity index (χ3v) is 2.92. The Morgan fingerprint density at radius 1 is 1.33 bits per heavy atom. The summed E-state index contributed by atoms with van der Waals surface area (Å²) in [7, 11) is 0. The van der Waals surface area contributed by atoms with Crippen LogP contribution in [0.25, 0.3) is 5.69 Å². The van der Waals surface area contributed by atoms with Gasteiger partial charge in [0.25, 0.3) is 0 Å². The van der Waals surface area contributed by atoms with Gasteiger partial charge in [-0.3, -0.25) is 4.79 Å².